The summed E-state index contributed by atoms with van der Waals surface area (Å²) < 4.78 is 0. The maximum absolute atomic E-state index is 14.0. The first-order chi connectivity index (χ1) is 21.4. The molecule has 1 aromatic heterocycles. The Balaban J connectivity index is 1.85. The standard InChI is InChI=1S/C36H53N5O4/c1-24(2)28(21-37)18-32(42)30(17-26-14-10-7-11-15-26)40-35(45)31(20-29-22-38-23-39-29)41-34(44)27(19-33(43)36(3,4)5)16-25-12-8-6-9-13-25/h6,8-9,12-13,22-24,26-28,30-32,42H,7,10-11,14-20H2,1-5H3,(H,38,39)(H,40,45)(H,41,44)/t27?,28-,30+,31+,32+/m1/s1. The highest BCUT2D eigenvalue weighted by Crippen LogP contribution is 2.30. The van der Waals surface area contributed by atoms with Crippen molar-refractivity contribution < 1.29 is 19.5 Å². The maximum atomic E-state index is 14.0. The molecule has 0 radical (unpaired) electrons. The molecule has 3 rings (SSSR count). The average molecular weight is 620 g/mol. The maximum Gasteiger partial charge on any atom is 0.243 e. The Kier molecular flexibility index (Phi) is 13.8. The van der Waals surface area contributed by atoms with Crippen molar-refractivity contribution in [2.24, 2.45) is 29.1 Å². The van der Waals surface area contributed by atoms with Crippen molar-refractivity contribution in [3.63, 3.8) is 0 Å². The molecular weight excluding hydrogens is 566 g/mol. The largest absolute Gasteiger partial charge is 0.391 e. The van der Waals surface area contributed by atoms with Gasteiger partial charge in [-0.1, -0.05) is 97.1 Å². The van der Waals surface area contributed by atoms with E-state index >= 15 is 0 Å². The van der Waals surface area contributed by atoms with Gasteiger partial charge in [0.15, 0.2) is 0 Å². The second kappa shape index (κ2) is 17.3. The molecule has 2 amide bonds. The lowest BCUT2D eigenvalue weighted by Crippen LogP contribution is -2.55. The van der Waals surface area contributed by atoms with E-state index in [-0.39, 0.29) is 42.8 Å². The van der Waals surface area contributed by atoms with Gasteiger partial charge < -0.3 is 20.7 Å². The molecule has 45 heavy (non-hydrogen) atoms. The van der Waals surface area contributed by atoms with Gasteiger partial charge in [0.2, 0.25) is 11.8 Å². The molecule has 0 spiro atoms. The highest BCUT2D eigenvalue weighted by Gasteiger charge is 2.34. The number of aromatic nitrogens is 2. The summed E-state index contributed by atoms with van der Waals surface area (Å²) in [6, 6.07) is 10.4. The van der Waals surface area contributed by atoms with Crippen LogP contribution in [-0.4, -0.2) is 50.9 Å². The fraction of sp³-hybridized carbons (Fsp3) is 0.639. The number of nitrogens with zero attached hydrogens (tertiary/aromatic N) is 2. The quantitative estimate of drug-likeness (QED) is 0.200. The van der Waals surface area contributed by atoms with E-state index in [0.717, 1.165) is 31.2 Å². The molecule has 1 saturated carbocycles. The number of nitriles is 1. The third-order valence-electron chi connectivity index (χ3n) is 9.15. The van der Waals surface area contributed by atoms with Gasteiger partial charge in [0.25, 0.3) is 0 Å². The topological polar surface area (TPSA) is 148 Å². The molecule has 2 aromatic rings. The zero-order valence-electron chi connectivity index (χ0n) is 27.7. The van der Waals surface area contributed by atoms with Crippen LogP contribution in [0, 0.1) is 40.4 Å². The summed E-state index contributed by atoms with van der Waals surface area (Å²) in [5, 5.41) is 27.1. The molecule has 1 unspecified atom stereocenters. The number of H-pyrrole nitrogens is 1. The molecule has 0 aliphatic heterocycles. The Hall–Kier alpha value is -3.51. The number of benzene rings is 1. The number of ketones is 1. The molecule has 0 bridgehead atoms. The summed E-state index contributed by atoms with van der Waals surface area (Å²) in [5.74, 6) is -1.37. The predicted octanol–water partition coefficient (Wildman–Crippen LogP) is 5.30. The molecule has 1 fully saturated rings. The monoisotopic (exact) mass is 619 g/mol. The molecule has 1 aromatic carbocycles. The normalized spacial score (nSPS) is 17.5. The Morgan fingerprint density at radius 2 is 1.73 bits per heavy atom. The van der Waals surface area contributed by atoms with Crippen molar-refractivity contribution in [1.29, 1.82) is 5.26 Å². The van der Waals surface area contributed by atoms with Crippen molar-refractivity contribution in [2.75, 3.05) is 0 Å². The number of nitrogens with one attached hydrogen (secondary N) is 3. The fourth-order valence-corrected chi connectivity index (χ4v) is 6.08. The lowest BCUT2D eigenvalue weighted by Gasteiger charge is -2.32. The first kappa shape index (κ1) is 36.0. The van der Waals surface area contributed by atoms with Gasteiger partial charge in [-0.25, -0.2) is 4.98 Å². The van der Waals surface area contributed by atoms with Crippen LogP contribution >= 0.6 is 0 Å². The van der Waals surface area contributed by atoms with Crippen LogP contribution in [0.25, 0.3) is 0 Å². The Morgan fingerprint density at radius 1 is 1.04 bits per heavy atom. The van der Waals surface area contributed by atoms with E-state index in [0.29, 0.717) is 24.5 Å². The highest BCUT2D eigenvalue weighted by atomic mass is 16.3. The molecule has 1 aliphatic rings. The van der Waals surface area contributed by atoms with Gasteiger partial charge in [0.1, 0.15) is 11.8 Å². The van der Waals surface area contributed by atoms with Crippen LogP contribution in [0.4, 0.5) is 0 Å². The van der Waals surface area contributed by atoms with Gasteiger partial charge in [0.05, 0.1) is 30.5 Å². The summed E-state index contributed by atoms with van der Waals surface area (Å²) >= 11 is 0. The molecule has 0 saturated heterocycles. The number of imidazole rings is 1. The lowest BCUT2D eigenvalue weighted by atomic mass is 9.81. The minimum Gasteiger partial charge on any atom is -0.391 e. The first-order valence-electron chi connectivity index (χ1n) is 16.6. The van der Waals surface area contributed by atoms with Crippen LogP contribution in [0.15, 0.2) is 42.9 Å². The number of hydrogen-bond acceptors (Lipinski definition) is 6. The van der Waals surface area contributed by atoms with E-state index in [1.54, 1.807) is 6.20 Å². The number of aromatic amines is 1. The van der Waals surface area contributed by atoms with E-state index in [1.807, 2.05) is 65.0 Å². The zero-order valence-corrected chi connectivity index (χ0v) is 27.7. The number of aliphatic hydroxyl groups excluding tert-OH is 1. The molecule has 246 valence electrons. The summed E-state index contributed by atoms with van der Waals surface area (Å²) in [5.41, 5.74) is 0.998. The third-order valence-corrected chi connectivity index (χ3v) is 9.15. The van der Waals surface area contributed by atoms with Crippen LogP contribution in [-0.2, 0) is 27.2 Å². The van der Waals surface area contributed by atoms with Crippen LogP contribution < -0.4 is 10.6 Å². The molecule has 4 N–H and O–H groups in total. The number of aliphatic hydroxyl groups is 1. The van der Waals surface area contributed by atoms with Crippen LogP contribution in [0.1, 0.15) is 97.2 Å². The van der Waals surface area contributed by atoms with E-state index in [4.69, 9.17) is 0 Å². The van der Waals surface area contributed by atoms with Crippen LogP contribution in [0.3, 0.4) is 0 Å². The van der Waals surface area contributed by atoms with E-state index < -0.39 is 35.4 Å². The number of hydrogen-bond donors (Lipinski definition) is 4. The second-order valence-electron chi connectivity index (χ2n) is 14.2. The van der Waals surface area contributed by atoms with Gasteiger partial charge in [-0.15, -0.1) is 0 Å². The van der Waals surface area contributed by atoms with Gasteiger partial charge in [-0.3, -0.25) is 14.4 Å². The van der Waals surface area contributed by atoms with E-state index in [9.17, 15) is 24.8 Å². The molecule has 5 atom stereocenters. The second-order valence-corrected chi connectivity index (χ2v) is 14.2. The average Bonchev–Trinajstić information content (AvgIpc) is 3.52. The summed E-state index contributed by atoms with van der Waals surface area (Å²) in [4.78, 5) is 48.1. The third kappa shape index (κ3) is 11.7. The van der Waals surface area contributed by atoms with Gasteiger partial charge in [-0.2, -0.15) is 5.26 Å². The van der Waals surface area contributed by atoms with Crippen molar-refractivity contribution >= 4 is 17.6 Å². The zero-order chi connectivity index (χ0) is 33.0. The summed E-state index contributed by atoms with van der Waals surface area (Å²) in [7, 11) is 0. The summed E-state index contributed by atoms with van der Waals surface area (Å²) in [6.07, 6.45) is 9.24. The molecular formula is C36H53N5O4. The highest BCUT2D eigenvalue weighted by molar-refractivity contribution is 5.92. The number of Topliss-reactive ketones (excluding diaryl/α,β-unsaturated/α-hetero) is 1. The number of amides is 2. The van der Waals surface area contributed by atoms with Gasteiger partial charge in [0, 0.05) is 36.1 Å². The molecule has 1 heterocycles. The minimum absolute atomic E-state index is 0.0268. The first-order valence-corrected chi connectivity index (χ1v) is 16.6. The number of carbonyl (C=O) groups excluding carboxylic acids is 3. The fourth-order valence-electron chi connectivity index (χ4n) is 6.08. The molecule has 9 heteroatoms. The minimum atomic E-state index is -0.959. The Morgan fingerprint density at radius 3 is 2.31 bits per heavy atom. The van der Waals surface area contributed by atoms with E-state index in [1.165, 1.54) is 12.7 Å². The Labute approximate surface area is 269 Å². The lowest BCUT2D eigenvalue weighted by molar-refractivity contribution is -0.135. The van der Waals surface area contributed by atoms with Crippen molar-refractivity contribution in [2.45, 2.75) is 117 Å². The van der Waals surface area contributed by atoms with Crippen LogP contribution in [0.5, 0.6) is 0 Å². The number of carbonyl (C=O) groups is 3. The Bertz CT molecular complexity index is 1240. The van der Waals surface area contributed by atoms with Crippen LogP contribution in [0.2, 0.25) is 0 Å². The van der Waals surface area contributed by atoms with Crippen molar-refractivity contribution in [3.8, 4) is 6.07 Å². The predicted molar refractivity (Wildman–Crippen MR) is 175 cm³/mol. The van der Waals surface area contributed by atoms with Crippen molar-refractivity contribution in [3.05, 3.63) is 54.1 Å². The van der Waals surface area contributed by atoms with Gasteiger partial charge >= 0.3 is 0 Å². The SMILES string of the molecule is CC(C)[C@@H](C#N)C[C@H](O)[C@H](CC1CCCCC1)NC(=O)[C@H](Cc1cnc[nH]1)NC(=O)C(CC(=O)C(C)(C)C)Cc1ccccc1. The van der Waals surface area contributed by atoms with Crippen molar-refractivity contribution in [1.82, 2.24) is 20.6 Å². The summed E-state index contributed by atoms with van der Waals surface area (Å²) in [6.45, 7) is 9.45. The molecule has 1 aliphatic carbocycles. The molecule has 9 nitrogen and oxygen atoms in total. The van der Waals surface area contributed by atoms with E-state index in [2.05, 4.69) is 26.7 Å². The smallest absolute Gasteiger partial charge is 0.243 e. The van der Waals surface area contributed by atoms with Gasteiger partial charge in [-0.05, 0) is 36.7 Å². The number of rotatable bonds is 16.